The Labute approximate surface area is 151 Å². The first-order valence-corrected chi connectivity index (χ1v) is 7.85. The van der Waals surface area contributed by atoms with E-state index in [2.05, 4.69) is 0 Å². The number of benzene rings is 2. The fourth-order valence-electron chi connectivity index (χ4n) is 3.09. The van der Waals surface area contributed by atoms with Crippen LogP contribution in [0.4, 0.5) is 0 Å². The Balaban J connectivity index is 2.20. The number of carbonyl (C=O) groups is 1. The highest BCUT2D eigenvalue weighted by atomic mass is 16.6. The molecule has 1 aliphatic heterocycles. The van der Waals surface area contributed by atoms with Crippen molar-refractivity contribution in [1.82, 2.24) is 0 Å². The van der Waals surface area contributed by atoms with Crippen molar-refractivity contribution in [3.63, 3.8) is 0 Å². The zero-order valence-electron chi connectivity index (χ0n) is 15.2. The molecule has 0 aliphatic carbocycles. The number of fused-ring (bicyclic) bond motifs is 1. The van der Waals surface area contributed by atoms with Gasteiger partial charge in [-0.1, -0.05) is 6.07 Å². The molecule has 0 radical (unpaired) electrons. The summed E-state index contributed by atoms with van der Waals surface area (Å²) in [4.78, 5) is 12.4. The zero-order valence-corrected chi connectivity index (χ0v) is 15.2. The largest absolute Gasteiger partial charge is 0.493 e. The molecule has 0 saturated heterocycles. The van der Waals surface area contributed by atoms with Gasteiger partial charge in [-0.3, -0.25) is 0 Å². The lowest BCUT2D eigenvalue weighted by atomic mass is 9.97. The highest BCUT2D eigenvalue weighted by Crippen LogP contribution is 2.50. The van der Waals surface area contributed by atoms with E-state index in [0.29, 0.717) is 39.9 Å². The highest BCUT2D eigenvalue weighted by molar-refractivity contribution is 5.97. The summed E-state index contributed by atoms with van der Waals surface area (Å²) >= 11 is 0. The lowest BCUT2D eigenvalue weighted by molar-refractivity contribution is 0.0453. The molecule has 0 N–H and O–H groups in total. The quantitative estimate of drug-likeness (QED) is 0.733. The average Bonchev–Trinajstić information content (AvgIpc) is 3.01. The molecule has 2 aromatic rings. The van der Waals surface area contributed by atoms with Gasteiger partial charge < -0.3 is 28.4 Å². The second-order valence-corrected chi connectivity index (χ2v) is 5.51. The van der Waals surface area contributed by atoms with Crippen LogP contribution in [0.25, 0.3) is 0 Å². The van der Waals surface area contributed by atoms with E-state index in [1.54, 1.807) is 32.4 Å². The molecule has 138 valence electrons. The summed E-state index contributed by atoms with van der Waals surface area (Å²) in [5, 5.41) is 0. The molecule has 1 atom stereocenters. The van der Waals surface area contributed by atoms with E-state index >= 15 is 0 Å². The van der Waals surface area contributed by atoms with E-state index in [0.717, 1.165) is 5.56 Å². The third kappa shape index (κ3) is 2.65. The summed E-state index contributed by atoms with van der Waals surface area (Å²) in [7, 11) is 7.62. The van der Waals surface area contributed by atoms with Crippen molar-refractivity contribution >= 4 is 5.97 Å². The standard InChI is InChI=1S/C19H20O7/c1-21-12-7-6-10(8-13(12)22-2)16-15-11(19(20)26-16)9-14(23-3)17(24-4)18(15)25-5/h6-9,16H,1-5H3. The Hall–Kier alpha value is -3.09. The van der Waals surface area contributed by atoms with Crippen molar-refractivity contribution in [2.45, 2.75) is 6.10 Å². The smallest absolute Gasteiger partial charge is 0.339 e. The first kappa shape index (κ1) is 17.7. The van der Waals surface area contributed by atoms with Crippen LogP contribution in [0.5, 0.6) is 28.7 Å². The molecular formula is C19H20O7. The third-order valence-corrected chi connectivity index (χ3v) is 4.29. The van der Waals surface area contributed by atoms with E-state index in [1.807, 2.05) is 6.07 Å². The van der Waals surface area contributed by atoms with Gasteiger partial charge in [-0.2, -0.15) is 0 Å². The maximum Gasteiger partial charge on any atom is 0.339 e. The summed E-state index contributed by atoms with van der Waals surface area (Å²) in [5.41, 5.74) is 1.68. The number of esters is 1. The van der Waals surface area contributed by atoms with Gasteiger partial charge in [-0.05, 0) is 18.2 Å². The van der Waals surface area contributed by atoms with E-state index in [9.17, 15) is 4.79 Å². The zero-order chi connectivity index (χ0) is 18.8. The molecule has 0 saturated carbocycles. The lowest BCUT2D eigenvalue weighted by Crippen LogP contribution is -2.04. The Morgan fingerprint density at radius 3 is 2.00 bits per heavy atom. The minimum absolute atomic E-state index is 0.374. The fraction of sp³-hybridized carbons (Fsp3) is 0.316. The number of rotatable bonds is 6. The third-order valence-electron chi connectivity index (χ3n) is 4.29. The number of carbonyl (C=O) groups excluding carboxylic acids is 1. The van der Waals surface area contributed by atoms with Gasteiger partial charge >= 0.3 is 5.97 Å². The van der Waals surface area contributed by atoms with Gasteiger partial charge in [0, 0.05) is 5.56 Å². The Morgan fingerprint density at radius 2 is 1.42 bits per heavy atom. The summed E-state index contributed by atoms with van der Waals surface area (Å²) in [6, 6.07) is 6.93. The second kappa shape index (κ2) is 7.03. The van der Waals surface area contributed by atoms with Crippen molar-refractivity contribution in [1.29, 1.82) is 0 Å². The minimum atomic E-state index is -0.660. The van der Waals surface area contributed by atoms with Crippen molar-refractivity contribution in [2.24, 2.45) is 0 Å². The van der Waals surface area contributed by atoms with Crippen molar-refractivity contribution in [2.75, 3.05) is 35.5 Å². The minimum Gasteiger partial charge on any atom is -0.493 e. The van der Waals surface area contributed by atoms with Crippen LogP contribution in [0.15, 0.2) is 24.3 Å². The molecule has 0 aromatic heterocycles. The van der Waals surface area contributed by atoms with Gasteiger partial charge in [0.05, 0.1) is 46.7 Å². The molecule has 1 heterocycles. The molecule has 3 rings (SSSR count). The molecule has 2 aromatic carbocycles. The van der Waals surface area contributed by atoms with Crippen LogP contribution < -0.4 is 23.7 Å². The molecule has 1 unspecified atom stereocenters. The Kier molecular flexibility index (Phi) is 4.79. The monoisotopic (exact) mass is 360 g/mol. The highest BCUT2D eigenvalue weighted by Gasteiger charge is 2.39. The van der Waals surface area contributed by atoms with Crippen LogP contribution in [0.3, 0.4) is 0 Å². The molecule has 7 heteroatoms. The van der Waals surface area contributed by atoms with Gasteiger partial charge in [0.1, 0.15) is 0 Å². The molecule has 0 bridgehead atoms. The maximum atomic E-state index is 12.4. The molecule has 26 heavy (non-hydrogen) atoms. The van der Waals surface area contributed by atoms with Crippen molar-refractivity contribution < 1.29 is 33.2 Å². The number of cyclic esters (lactones) is 1. The first-order valence-electron chi connectivity index (χ1n) is 7.85. The van der Waals surface area contributed by atoms with Crippen LogP contribution in [0.1, 0.15) is 27.6 Å². The SMILES string of the molecule is COc1ccc(C2OC(=O)c3cc(OC)c(OC)c(OC)c32)cc1OC. The second-order valence-electron chi connectivity index (χ2n) is 5.51. The van der Waals surface area contributed by atoms with Crippen molar-refractivity contribution in [3.8, 4) is 28.7 Å². The predicted molar refractivity (Wildman–Crippen MR) is 92.9 cm³/mol. The molecule has 0 amide bonds. The van der Waals surface area contributed by atoms with Gasteiger partial charge in [-0.25, -0.2) is 4.79 Å². The number of hydrogen-bond donors (Lipinski definition) is 0. The van der Waals surface area contributed by atoms with Crippen LogP contribution in [-0.2, 0) is 4.74 Å². The number of hydrogen-bond acceptors (Lipinski definition) is 7. The van der Waals surface area contributed by atoms with Crippen molar-refractivity contribution in [3.05, 3.63) is 41.0 Å². The normalized spacial score (nSPS) is 15.1. The Bertz CT molecular complexity index is 844. The topological polar surface area (TPSA) is 72.5 Å². The van der Waals surface area contributed by atoms with E-state index in [1.165, 1.54) is 21.3 Å². The van der Waals surface area contributed by atoms with E-state index in [4.69, 9.17) is 28.4 Å². The number of ether oxygens (including phenoxy) is 6. The lowest BCUT2D eigenvalue weighted by Gasteiger charge is -2.18. The predicted octanol–water partition coefficient (Wildman–Crippen LogP) is 2.99. The summed E-state index contributed by atoms with van der Waals surface area (Å²) in [6.07, 6.45) is -0.660. The van der Waals surface area contributed by atoms with E-state index < -0.39 is 12.1 Å². The van der Waals surface area contributed by atoms with Gasteiger partial charge in [0.25, 0.3) is 0 Å². The van der Waals surface area contributed by atoms with Crippen LogP contribution in [0.2, 0.25) is 0 Å². The Morgan fingerprint density at radius 1 is 0.769 bits per heavy atom. The summed E-state index contributed by atoms with van der Waals surface area (Å²) in [6.45, 7) is 0. The molecule has 1 aliphatic rings. The average molecular weight is 360 g/mol. The molecule has 0 spiro atoms. The maximum absolute atomic E-state index is 12.4. The van der Waals surface area contributed by atoms with Gasteiger partial charge in [0.2, 0.25) is 5.75 Å². The summed E-state index contributed by atoms with van der Waals surface area (Å²) in [5.74, 6) is 1.85. The molecule has 7 nitrogen and oxygen atoms in total. The van der Waals surface area contributed by atoms with E-state index in [-0.39, 0.29) is 0 Å². The van der Waals surface area contributed by atoms with Gasteiger partial charge in [-0.15, -0.1) is 0 Å². The molecule has 0 fully saturated rings. The molecular weight excluding hydrogens is 340 g/mol. The first-order chi connectivity index (χ1) is 12.6. The van der Waals surface area contributed by atoms with Crippen LogP contribution in [-0.4, -0.2) is 41.5 Å². The van der Waals surface area contributed by atoms with Crippen LogP contribution in [0, 0.1) is 0 Å². The van der Waals surface area contributed by atoms with Crippen LogP contribution >= 0.6 is 0 Å². The number of methoxy groups -OCH3 is 5. The fourth-order valence-corrected chi connectivity index (χ4v) is 3.09. The summed E-state index contributed by atoms with van der Waals surface area (Å²) < 4.78 is 32.5. The van der Waals surface area contributed by atoms with Gasteiger partial charge in [0.15, 0.2) is 29.1 Å².